The fourth-order valence-electron chi connectivity index (χ4n) is 2.74. The Labute approximate surface area is 147 Å². The molecule has 0 spiro atoms. The van der Waals surface area contributed by atoms with Crippen molar-refractivity contribution in [3.05, 3.63) is 70.3 Å². The predicted octanol–water partition coefficient (Wildman–Crippen LogP) is 0.166. The van der Waals surface area contributed by atoms with E-state index in [0.717, 1.165) is 0 Å². The Kier molecular flexibility index (Phi) is 4.61. The molecule has 2 aromatic rings. The number of aliphatic hydroxyl groups excluding tert-OH is 2. The van der Waals surface area contributed by atoms with Crippen LogP contribution in [0.1, 0.15) is 53.1 Å². The van der Waals surface area contributed by atoms with Gasteiger partial charge in [-0.05, 0) is 23.8 Å². The zero-order chi connectivity index (χ0) is 18.8. The standard InChI is InChI=1S/C10H9NO4.C8H5NO2/c12-4-7(13)5-2-1-3-6-8(5)10(15)11-9(6)14;10-7-5-3-1-2-4-6(5)8(11)9-7/h1-3,7,12-13H,4H2,(H,11,14,15);1-4H,(H,9,10,11). The van der Waals surface area contributed by atoms with Gasteiger partial charge in [0.25, 0.3) is 23.6 Å². The number of rotatable bonds is 2. The molecule has 4 amide bonds. The molecule has 2 aromatic carbocycles. The van der Waals surface area contributed by atoms with Gasteiger partial charge in [0, 0.05) is 0 Å². The Hall–Kier alpha value is -3.36. The van der Waals surface area contributed by atoms with Crippen molar-refractivity contribution in [2.24, 2.45) is 0 Å². The monoisotopic (exact) mass is 354 g/mol. The summed E-state index contributed by atoms with van der Waals surface area (Å²) in [4.78, 5) is 44.5. The van der Waals surface area contributed by atoms with Gasteiger partial charge in [0.1, 0.15) is 6.10 Å². The fraction of sp³-hybridized carbons (Fsp3) is 0.111. The van der Waals surface area contributed by atoms with Crippen molar-refractivity contribution >= 4 is 23.6 Å². The Morgan fingerprint density at radius 3 is 1.81 bits per heavy atom. The van der Waals surface area contributed by atoms with Crippen molar-refractivity contribution in [1.29, 1.82) is 0 Å². The van der Waals surface area contributed by atoms with Crippen molar-refractivity contribution in [3.8, 4) is 0 Å². The van der Waals surface area contributed by atoms with E-state index in [2.05, 4.69) is 10.6 Å². The van der Waals surface area contributed by atoms with E-state index in [1.54, 1.807) is 30.3 Å². The maximum Gasteiger partial charge on any atom is 0.259 e. The quantitative estimate of drug-likeness (QED) is 0.568. The maximum atomic E-state index is 11.4. The molecule has 0 aliphatic carbocycles. The van der Waals surface area contributed by atoms with Crippen molar-refractivity contribution in [2.45, 2.75) is 6.10 Å². The average molecular weight is 354 g/mol. The largest absolute Gasteiger partial charge is 0.393 e. The van der Waals surface area contributed by atoms with Gasteiger partial charge >= 0.3 is 0 Å². The molecule has 0 bridgehead atoms. The van der Waals surface area contributed by atoms with Gasteiger partial charge in [-0.1, -0.05) is 24.3 Å². The van der Waals surface area contributed by atoms with Gasteiger partial charge in [0.15, 0.2) is 0 Å². The highest BCUT2D eigenvalue weighted by Gasteiger charge is 2.30. The zero-order valence-electron chi connectivity index (χ0n) is 13.4. The Balaban J connectivity index is 0.000000158. The lowest BCUT2D eigenvalue weighted by Crippen LogP contribution is -2.20. The van der Waals surface area contributed by atoms with Crippen molar-refractivity contribution in [3.63, 3.8) is 0 Å². The molecule has 26 heavy (non-hydrogen) atoms. The third-order valence-electron chi connectivity index (χ3n) is 3.97. The van der Waals surface area contributed by atoms with E-state index in [4.69, 9.17) is 5.11 Å². The van der Waals surface area contributed by atoms with Gasteiger partial charge in [0.2, 0.25) is 0 Å². The van der Waals surface area contributed by atoms with E-state index in [9.17, 15) is 24.3 Å². The Morgan fingerprint density at radius 1 is 0.731 bits per heavy atom. The minimum absolute atomic E-state index is 0.157. The summed E-state index contributed by atoms with van der Waals surface area (Å²) in [6.07, 6.45) is -1.14. The van der Waals surface area contributed by atoms with Gasteiger partial charge in [-0.15, -0.1) is 0 Å². The highest BCUT2D eigenvalue weighted by Crippen LogP contribution is 2.24. The van der Waals surface area contributed by atoms with Gasteiger partial charge in [0.05, 0.1) is 28.9 Å². The molecule has 8 heteroatoms. The molecule has 1 atom stereocenters. The van der Waals surface area contributed by atoms with E-state index >= 15 is 0 Å². The third kappa shape index (κ3) is 2.99. The summed E-state index contributed by atoms with van der Waals surface area (Å²) in [6, 6.07) is 11.3. The Bertz CT molecular complexity index is 904. The predicted molar refractivity (Wildman–Crippen MR) is 88.5 cm³/mol. The van der Waals surface area contributed by atoms with Crippen LogP contribution < -0.4 is 10.6 Å². The normalized spacial score (nSPS) is 15.5. The van der Waals surface area contributed by atoms with Crippen LogP contribution in [0.3, 0.4) is 0 Å². The lowest BCUT2D eigenvalue weighted by Gasteiger charge is -2.10. The van der Waals surface area contributed by atoms with Crippen molar-refractivity contribution in [2.75, 3.05) is 6.61 Å². The summed E-state index contributed by atoms with van der Waals surface area (Å²) in [5, 5.41) is 22.6. The van der Waals surface area contributed by atoms with E-state index in [1.165, 1.54) is 12.1 Å². The fourth-order valence-corrected chi connectivity index (χ4v) is 2.74. The lowest BCUT2D eigenvalue weighted by atomic mass is 9.99. The molecule has 1 unspecified atom stereocenters. The lowest BCUT2D eigenvalue weighted by molar-refractivity contribution is 0.0853. The summed E-state index contributed by atoms with van der Waals surface area (Å²) in [5.74, 6) is -1.60. The highest BCUT2D eigenvalue weighted by molar-refractivity contribution is 6.22. The van der Waals surface area contributed by atoms with Crippen molar-refractivity contribution < 1.29 is 29.4 Å². The van der Waals surface area contributed by atoms with Crippen LogP contribution >= 0.6 is 0 Å². The molecule has 4 rings (SSSR count). The molecule has 8 nitrogen and oxygen atoms in total. The summed E-state index contributed by atoms with van der Waals surface area (Å²) in [7, 11) is 0. The van der Waals surface area contributed by atoms with Crippen LogP contribution in [0.2, 0.25) is 0 Å². The second kappa shape index (κ2) is 6.87. The summed E-state index contributed by atoms with van der Waals surface area (Å²) in [6.45, 7) is -0.488. The molecular weight excluding hydrogens is 340 g/mol. The van der Waals surface area contributed by atoms with Gasteiger partial charge in [-0.3, -0.25) is 29.8 Å². The molecule has 4 N–H and O–H groups in total. The van der Waals surface area contributed by atoms with Crippen LogP contribution in [-0.2, 0) is 0 Å². The van der Waals surface area contributed by atoms with E-state index < -0.39 is 24.5 Å². The number of carbonyl (C=O) groups is 4. The van der Waals surface area contributed by atoms with Gasteiger partial charge in [-0.2, -0.15) is 0 Å². The van der Waals surface area contributed by atoms with Crippen LogP contribution in [0.15, 0.2) is 42.5 Å². The topological polar surface area (TPSA) is 133 Å². The first-order chi connectivity index (χ1) is 12.4. The molecule has 2 aliphatic heterocycles. The summed E-state index contributed by atoms with van der Waals surface area (Å²) < 4.78 is 0. The minimum atomic E-state index is -1.14. The van der Waals surface area contributed by atoms with Crippen molar-refractivity contribution in [1.82, 2.24) is 10.6 Å². The molecule has 0 saturated carbocycles. The van der Waals surface area contributed by atoms with Crippen LogP contribution in [0.5, 0.6) is 0 Å². The zero-order valence-corrected chi connectivity index (χ0v) is 13.4. The first-order valence-electron chi connectivity index (χ1n) is 7.66. The number of fused-ring (bicyclic) bond motifs is 2. The molecule has 2 aliphatic rings. The minimum Gasteiger partial charge on any atom is -0.393 e. The molecule has 0 saturated heterocycles. The average Bonchev–Trinajstić information content (AvgIpc) is 3.11. The van der Waals surface area contributed by atoms with Gasteiger partial charge < -0.3 is 10.2 Å². The molecule has 0 aromatic heterocycles. The number of hydrogen-bond acceptors (Lipinski definition) is 6. The maximum absolute atomic E-state index is 11.4. The smallest absolute Gasteiger partial charge is 0.259 e. The van der Waals surface area contributed by atoms with E-state index in [0.29, 0.717) is 11.1 Å². The number of benzene rings is 2. The molecule has 0 fully saturated rings. The summed E-state index contributed by atoms with van der Waals surface area (Å²) >= 11 is 0. The molecular formula is C18H14N2O6. The first-order valence-corrected chi connectivity index (χ1v) is 7.66. The highest BCUT2D eigenvalue weighted by atomic mass is 16.3. The summed E-state index contributed by atoms with van der Waals surface area (Å²) in [5.41, 5.74) is 1.61. The number of carbonyl (C=O) groups excluding carboxylic acids is 4. The van der Waals surface area contributed by atoms with Crippen LogP contribution in [0.4, 0.5) is 0 Å². The first kappa shape index (κ1) is 17.5. The van der Waals surface area contributed by atoms with Crippen LogP contribution in [0, 0.1) is 0 Å². The molecule has 132 valence electrons. The number of hydrogen-bond donors (Lipinski definition) is 4. The van der Waals surface area contributed by atoms with Crippen LogP contribution in [-0.4, -0.2) is 40.4 Å². The third-order valence-corrected chi connectivity index (χ3v) is 3.97. The van der Waals surface area contributed by atoms with Gasteiger partial charge in [-0.25, -0.2) is 0 Å². The number of nitrogens with one attached hydrogen (secondary N) is 2. The SMILES string of the molecule is O=C1NC(=O)c2c1cccc2C(O)CO.O=C1NC(=O)c2ccccc21. The van der Waals surface area contributed by atoms with E-state index in [1.807, 2.05) is 0 Å². The second-order valence-electron chi connectivity index (χ2n) is 5.58. The van der Waals surface area contributed by atoms with E-state index in [-0.39, 0.29) is 28.5 Å². The van der Waals surface area contributed by atoms with Crippen LogP contribution in [0.25, 0.3) is 0 Å². The Morgan fingerprint density at radius 2 is 1.23 bits per heavy atom. The molecule has 2 heterocycles. The number of aliphatic hydroxyl groups is 2. The molecule has 0 radical (unpaired) electrons. The number of amides is 4. The second-order valence-corrected chi connectivity index (χ2v) is 5.58. The number of imide groups is 2.